The van der Waals surface area contributed by atoms with Crippen molar-refractivity contribution in [2.24, 2.45) is 5.73 Å². The summed E-state index contributed by atoms with van der Waals surface area (Å²) in [6.07, 6.45) is 4.09. The molecule has 0 aliphatic heterocycles. The number of rotatable bonds is 15. The third-order valence-corrected chi connectivity index (χ3v) is 5.34. The first-order chi connectivity index (χ1) is 14.8. The molecule has 0 unspecified atom stereocenters. The van der Waals surface area contributed by atoms with Crippen LogP contribution in [-0.4, -0.2) is 73.7 Å². The summed E-state index contributed by atoms with van der Waals surface area (Å²) in [5.74, 6) is 0.184. The molecule has 0 bridgehead atoms. The molecule has 0 aliphatic carbocycles. The van der Waals surface area contributed by atoms with E-state index in [0.29, 0.717) is 55.0 Å². The van der Waals surface area contributed by atoms with Crippen LogP contribution in [0.4, 0.5) is 0 Å². The van der Waals surface area contributed by atoms with Gasteiger partial charge in [0, 0.05) is 6.07 Å². The molecule has 0 saturated heterocycles. The van der Waals surface area contributed by atoms with Crippen molar-refractivity contribution in [3.63, 3.8) is 0 Å². The second-order valence-electron chi connectivity index (χ2n) is 7.11. The average Bonchev–Trinajstić information content (AvgIpc) is 2.75. The van der Waals surface area contributed by atoms with Crippen molar-refractivity contribution < 1.29 is 29.1 Å². The van der Waals surface area contributed by atoms with Crippen molar-refractivity contribution >= 4 is 30.7 Å². The van der Waals surface area contributed by atoms with Gasteiger partial charge in [0.05, 0.1) is 26.6 Å². The van der Waals surface area contributed by atoms with Crippen molar-refractivity contribution in [1.29, 1.82) is 0 Å². The molecule has 2 atom stereocenters. The minimum atomic E-state index is -1.68. The Morgan fingerprint density at radius 1 is 1.10 bits per heavy atom. The molecule has 11 heteroatoms. The summed E-state index contributed by atoms with van der Waals surface area (Å²) in [5.41, 5.74) is 6.22. The molecule has 1 rings (SSSR count). The number of nitrogens with one attached hydrogen (secondary N) is 2. The maximum atomic E-state index is 12.8. The van der Waals surface area contributed by atoms with Crippen LogP contribution in [0.15, 0.2) is 18.2 Å². The zero-order valence-corrected chi connectivity index (χ0v) is 19.2. The second kappa shape index (κ2) is 15.0. The number of benzene rings is 1. The van der Waals surface area contributed by atoms with Gasteiger partial charge >= 0.3 is 7.12 Å². The summed E-state index contributed by atoms with van der Waals surface area (Å²) < 4.78 is 10.5. The Hall–Kier alpha value is -1.95. The lowest BCUT2D eigenvalue weighted by molar-refractivity contribution is -0.129. The maximum Gasteiger partial charge on any atom is 0.475 e. The summed E-state index contributed by atoms with van der Waals surface area (Å²) in [6, 6.07) is 4.36. The predicted octanol–water partition coefficient (Wildman–Crippen LogP) is 0.110. The SMILES string of the molecule is COc1cc(CC(=O)N[C@@H](CCCCN)C(=O)N[C@@H](CCSC)B(O)O)cc(OC)c1. The fourth-order valence-corrected chi connectivity index (χ4v) is 3.47. The number of hydrogen-bond donors (Lipinski definition) is 5. The van der Waals surface area contributed by atoms with Crippen LogP contribution >= 0.6 is 11.8 Å². The summed E-state index contributed by atoms with van der Waals surface area (Å²) in [6.45, 7) is 0.484. The molecule has 0 aromatic heterocycles. The monoisotopic (exact) mass is 455 g/mol. The van der Waals surface area contributed by atoms with Gasteiger partial charge in [-0.1, -0.05) is 0 Å². The van der Waals surface area contributed by atoms with Gasteiger partial charge in [0.25, 0.3) is 0 Å². The van der Waals surface area contributed by atoms with E-state index >= 15 is 0 Å². The topological polar surface area (TPSA) is 143 Å². The lowest BCUT2D eigenvalue weighted by atomic mass is 9.77. The minimum Gasteiger partial charge on any atom is -0.497 e. The second-order valence-corrected chi connectivity index (χ2v) is 8.10. The molecule has 0 spiro atoms. The largest absolute Gasteiger partial charge is 0.497 e. The third-order valence-electron chi connectivity index (χ3n) is 4.70. The molecule has 1 aromatic carbocycles. The standard InChI is InChI=1S/C20H34BN3O6S/c1-29-15-10-14(11-16(13-15)30-2)12-19(25)23-17(6-4-5-8-22)20(26)24-18(21(27)28)7-9-31-3/h10-11,13,17-18,27-28H,4-9,12,22H2,1-3H3,(H,23,25)(H,24,26)/t17-,18-/m0/s1. The number of hydrogen-bond acceptors (Lipinski definition) is 8. The molecule has 0 aliphatic rings. The fourth-order valence-electron chi connectivity index (χ4n) is 2.98. The van der Waals surface area contributed by atoms with Crippen molar-refractivity contribution in [3.8, 4) is 11.5 Å². The van der Waals surface area contributed by atoms with Crippen LogP contribution < -0.4 is 25.8 Å². The van der Waals surface area contributed by atoms with Gasteiger partial charge in [0.2, 0.25) is 11.8 Å². The van der Waals surface area contributed by atoms with Crippen molar-refractivity contribution in [2.45, 2.75) is 44.1 Å². The smallest absolute Gasteiger partial charge is 0.475 e. The zero-order valence-electron chi connectivity index (χ0n) is 18.4. The Balaban J connectivity index is 2.85. The Kier molecular flexibility index (Phi) is 13.1. The molecule has 0 fully saturated rings. The number of ether oxygens (including phenoxy) is 2. The number of methoxy groups -OCH3 is 2. The van der Waals surface area contributed by atoms with E-state index in [1.54, 1.807) is 18.2 Å². The highest BCUT2D eigenvalue weighted by Crippen LogP contribution is 2.22. The first-order valence-corrected chi connectivity index (χ1v) is 11.6. The summed E-state index contributed by atoms with van der Waals surface area (Å²) in [4.78, 5) is 25.4. The fraction of sp³-hybridized carbons (Fsp3) is 0.600. The Morgan fingerprint density at radius 2 is 1.74 bits per heavy atom. The van der Waals surface area contributed by atoms with Crippen LogP contribution in [0.25, 0.3) is 0 Å². The van der Waals surface area contributed by atoms with Gasteiger partial charge in [-0.25, -0.2) is 0 Å². The van der Waals surface area contributed by atoms with Crippen LogP contribution in [0.5, 0.6) is 11.5 Å². The average molecular weight is 455 g/mol. The van der Waals surface area contributed by atoms with Gasteiger partial charge in [-0.15, -0.1) is 0 Å². The van der Waals surface area contributed by atoms with Crippen LogP contribution in [0.1, 0.15) is 31.2 Å². The molecule has 6 N–H and O–H groups in total. The number of unbranched alkanes of at least 4 members (excludes halogenated alkanes) is 1. The number of carbonyl (C=O) groups is 2. The van der Waals surface area contributed by atoms with Crippen LogP contribution in [0.2, 0.25) is 0 Å². The van der Waals surface area contributed by atoms with E-state index in [-0.39, 0.29) is 12.3 Å². The van der Waals surface area contributed by atoms with Gasteiger partial charge in [0.15, 0.2) is 0 Å². The summed E-state index contributed by atoms with van der Waals surface area (Å²) in [7, 11) is 1.37. The van der Waals surface area contributed by atoms with Gasteiger partial charge < -0.3 is 35.9 Å². The zero-order chi connectivity index (χ0) is 23.2. The van der Waals surface area contributed by atoms with Gasteiger partial charge in [-0.3, -0.25) is 9.59 Å². The molecule has 0 radical (unpaired) electrons. The molecule has 174 valence electrons. The third kappa shape index (κ3) is 10.3. The number of thioether (sulfide) groups is 1. The molecule has 1 aromatic rings. The lowest BCUT2D eigenvalue weighted by Gasteiger charge is -2.23. The van der Waals surface area contributed by atoms with Gasteiger partial charge in [-0.05, 0) is 61.9 Å². The first-order valence-electron chi connectivity index (χ1n) is 10.2. The molecule has 2 amide bonds. The minimum absolute atomic E-state index is 0.0345. The Bertz CT molecular complexity index is 673. The van der Waals surface area contributed by atoms with Crippen LogP contribution in [0.3, 0.4) is 0 Å². The maximum absolute atomic E-state index is 12.8. The van der Waals surface area contributed by atoms with Gasteiger partial charge in [-0.2, -0.15) is 11.8 Å². The van der Waals surface area contributed by atoms with Crippen molar-refractivity contribution in [1.82, 2.24) is 10.6 Å². The van der Waals surface area contributed by atoms with E-state index in [1.807, 2.05) is 6.26 Å². The molecule has 0 heterocycles. The Labute approximate surface area is 188 Å². The molecular weight excluding hydrogens is 421 g/mol. The normalized spacial score (nSPS) is 12.6. The van der Waals surface area contributed by atoms with Crippen LogP contribution in [-0.2, 0) is 16.0 Å². The molecule has 9 nitrogen and oxygen atoms in total. The highest BCUT2D eigenvalue weighted by atomic mass is 32.2. The van der Waals surface area contributed by atoms with E-state index in [9.17, 15) is 19.6 Å². The quantitative estimate of drug-likeness (QED) is 0.185. The Morgan fingerprint density at radius 3 is 2.26 bits per heavy atom. The molecule has 0 saturated carbocycles. The lowest BCUT2D eigenvalue weighted by Crippen LogP contribution is -2.54. The van der Waals surface area contributed by atoms with E-state index in [1.165, 1.54) is 26.0 Å². The highest BCUT2D eigenvalue weighted by molar-refractivity contribution is 7.98. The highest BCUT2D eigenvalue weighted by Gasteiger charge is 2.28. The number of amides is 2. The van der Waals surface area contributed by atoms with Gasteiger partial charge in [0.1, 0.15) is 17.5 Å². The van der Waals surface area contributed by atoms with E-state index in [0.717, 1.165) is 0 Å². The molecule has 31 heavy (non-hydrogen) atoms. The van der Waals surface area contributed by atoms with Crippen LogP contribution in [0, 0.1) is 0 Å². The molecular formula is C20H34BN3O6S. The number of carbonyl (C=O) groups excluding carboxylic acids is 2. The summed E-state index contributed by atoms with van der Waals surface area (Å²) in [5, 5.41) is 24.5. The van der Waals surface area contributed by atoms with E-state index in [2.05, 4.69) is 10.6 Å². The first kappa shape index (κ1) is 27.1. The predicted molar refractivity (Wildman–Crippen MR) is 123 cm³/mol. The van der Waals surface area contributed by atoms with E-state index in [4.69, 9.17) is 15.2 Å². The van der Waals surface area contributed by atoms with Crippen molar-refractivity contribution in [2.75, 3.05) is 32.8 Å². The number of nitrogens with two attached hydrogens (primary N) is 1. The summed E-state index contributed by atoms with van der Waals surface area (Å²) >= 11 is 1.54. The van der Waals surface area contributed by atoms with E-state index < -0.39 is 25.0 Å². The van der Waals surface area contributed by atoms with Crippen molar-refractivity contribution in [3.05, 3.63) is 23.8 Å².